The molecular formula is C35H51N7O3. The second-order valence-electron chi connectivity index (χ2n) is 13.5. The average molecular weight is 618 g/mol. The van der Waals surface area contributed by atoms with E-state index in [-0.39, 0.29) is 42.0 Å². The molecule has 0 unspecified atom stereocenters. The van der Waals surface area contributed by atoms with Gasteiger partial charge in [0.15, 0.2) is 0 Å². The fourth-order valence-corrected chi connectivity index (χ4v) is 7.46. The van der Waals surface area contributed by atoms with Gasteiger partial charge >= 0.3 is 0 Å². The van der Waals surface area contributed by atoms with E-state index in [0.29, 0.717) is 34.0 Å². The molecule has 3 aliphatic rings. The number of benzene rings is 1. The number of aromatic nitrogens is 1. The smallest absolute Gasteiger partial charge is 0.253 e. The first kappa shape index (κ1) is 32.7. The highest BCUT2D eigenvalue weighted by molar-refractivity contribution is 6.03. The highest BCUT2D eigenvalue weighted by Gasteiger charge is 2.42. The number of hydrogen-bond acceptors (Lipinski definition) is 7. The second-order valence-corrected chi connectivity index (χ2v) is 13.5. The molecule has 1 aromatic heterocycles. The van der Waals surface area contributed by atoms with Gasteiger partial charge < -0.3 is 26.6 Å². The van der Waals surface area contributed by atoms with Crippen LogP contribution in [0.15, 0.2) is 30.5 Å². The maximum atomic E-state index is 13.7. The van der Waals surface area contributed by atoms with Gasteiger partial charge in [-0.1, -0.05) is 13.8 Å². The van der Waals surface area contributed by atoms with Gasteiger partial charge in [-0.15, -0.1) is 0 Å². The summed E-state index contributed by atoms with van der Waals surface area (Å²) in [6, 6.07) is 8.77. The van der Waals surface area contributed by atoms with Crippen LogP contribution < -0.4 is 26.6 Å². The number of rotatable bonds is 11. The standard InChI is InChI=1S/C35H51N7O3/c1-6-24(7-2)38-31-18-29(33(36)43)22(5)15-30(31)35(45)40-26-16-27-11-12-28(17-26)42(27)32-13-10-23(19-37-32)34(44)39-25-9-8-14-41(20-25)21(3)4/h10,13,15,18-19,21,24-28,38H,6-9,11-12,14,16-17,20H2,1-5H3,(H2,36,43)(H,39,44)(H,40,45)/t25-,26-,27+,28-/m1/s1. The molecule has 3 aliphatic heterocycles. The number of aryl methyl sites for hydroxylation is 1. The summed E-state index contributed by atoms with van der Waals surface area (Å²) in [7, 11) is 0. The van der Waals surface area contributed by atoms with Gasteiger partial charge in [-0.05, 0) is 109 Å². The van der Waals surface area contributed by atoms with Crippen LogP contribution in [0.4, 0.5) is 11.5 Å². The van der Waals surface area contributed by atoms with E-state index in [2.05, 4.69) is 53.4 Å². The number of carbonyl (C=O) groups is 3. The molecule has 10 heteroatoms. The van der Waals surface area contributed by atoms with E-state index in [1.165, 1.54) is 0 Å². The first-order chi connectivity index (χ1) is 21.6. The molecule has 1 aromatic carbocycles. The number of fused-ring (bicyclic) bond motifs is 2. The third-order valence-electron chi connectivity index (χ3n) is 10.1. The van der Waals surface area contributed by atoms with Crippen molar-refractivity contribution in [3.05, 3.63) is 52.7 Å². The Morgan fingerprint density at radius 3 is 2.24 bits per heavy atom. The van der Waals surface area contributed by atoms with Gasteiger partial charge in [0.25, 0.3) is 11.8 Å². The molecule has 2 bridgehead atoms. The molecule has 5 N–H and O–H groups in total. The summed E-state index contributed by atoms with van der Waals surface area (Å²) in [5.41, 5.74) is 8.52. The summed E-state index contributed by atoms with van der Waals surface area (Å²) in [5, 5.41) is 10.00. The zero-order chi connectivity index (χ0) is 32.2. The van der Waals surface area contributed by atoms with E-state index >= 15 is 0 Å². The minimum Gasteiger partial charge on any atom is -0.382 e. The molecule has 45 heavy (non-hydrogen) atoms. The number of likely N-dealkylation sites (tertiary alicyclic amines) is 1. The quantitative estimate of drug-likeness (QED) is 0.289. The van der Waals surface area contributed by atoms with Crippen LogP contribution in [0.25, 0.3) is 0 Å². The summed E-state index contributed by atoms with van der Waals surface area (Å²) in [5.74, 6) is 0.192. The van der Waals surface area contributed by atoms with E-state index in [4.69, 9.17) is 10.7 Å². The van der Waals surface area contributed by atoms with Crippen LogP contribution in [0.1, 0.15) is 116 Å². The van der Waals surface area contributed by atoms with Gasteiger partial charge in [0.2, 0.25) is 5.91 Å². The number of nitrogens with one attached hydrogen (secondary N) is 3. The Labute approximate surface area is 267 Å². The molecule has 3 saturated heterocycles. The van der Waals surface area contributed by atoms with Crippen LogP contribution in [-0.2, 0) is 0 Å². The molecule has 10 nitrogen and oxygen atoms in total. The Hall–Kier alpha value is -3.66. The SMILES string of the molecule is CCC(CC)Nc1cc(C(N)=O)c(C)cc1C(=O)N[C@H]1C[C@H]2CC[C@@H](C1)N2c1ccc(C(=O)N[C@@H]2CCCN(C(C)C)C2)cn1. The van der Waals surface area contributed by atoms with Crippen molar-refractivity contribution in [2.45, 2.75) is 122 Å². The van der Waals surface area contributed by atoms with Crippen molar-refractivity contribution in [3.8, 4) is 0 Å². The molecule has 0 aliphatic carbocycles. The van der Waals surface area contributed by atoms with Gasteiger partial charge in [0, 0.05) is 60.2 Å². The minimum absolute atomic E-state index is 0.0364. The molecule has 0 saturated carbocycles. The fourth-order valence-electron chi connectivity index (χ4n) is 7.46. The number of anilines is 2. The van der Waals surface area contributed by atoms with Gasteiger partial charge in [-0.3, -0.25) is 19.3 Å². The lowest BCUT2D eigenvalue weighted by atomic mass is 9.96. The van der Waals surface area contributed by atoms with E-state index in [9.17, 15) is 14.4 Å². The van der Waals surface area contributed by atoms with E-state index in [1.807, 2.05) is 19.1 Å². The van der Waals surface area contributed by atoms with Crippen LogP contribution in [-0.4, -0.2) is 76.9 Å². The molecule has 2 aromatic rings. The number of nitrogens with zero attached hydrogens (tertiary/aromatic N) is 3. The van der Waals surface area contributed by atoms with Gasteiger partial charge in [-0.2, -0.15) is 0 Å². The van der Waals surface area contributed by atoms with Crippen molar-refractivity contribution in [2.24, 2.45) is 5.73 Å². The van der Waals surface area contributed by atoms with Gasteiger partial charge in [0.05, 0.1) is 11.1 Å². The predicted octanol–water partition coefficient (Wildman–Crippen LogP) is 4.62. The molecular weight excluding hydrogens is 566 g/mol. The predicted molar refractivity (Wildman–Crippen MR) is 179 cm³/mol. The van der Waals surface area contributed by atoms with Crippen molar-refractivity contribution in [3.63, 3.8) is 0 Å². The van der Waals surface area contributed by atoms with E-state index < -0.39 is 5.91 Å². The molecule has 4 atom stereocenters. The van der Waals surface area contributed by atoms with Crippen molar-refractivity contribution < 1.29 is 14.4 Å². The van der Waals surface area contributed by atoms with Crippen molar-refractivity contribution >= 4 is 29.2 Å². The molecule has 5 rings (SSSR count). The van der Waals surface area contributed by atoms with Crippen molar-refractivity contribution in [2.75, 3.05) is 23.3 Å². The maximum absolute atomic E-state index is 13.7. The monoisotopic (exact) mass is 617 g/mol. The van der Waals surface area contributed by atoms with Crippen molar-refractivity contribution in [1.82, 2.24) is 20.5 Å². The number of nitrogens with two attached hydrogens (primary N) is 1. The topological polar surface area (TPSA) is 133 Å². The fraction of sp³-hybridized carbons (Fsp3) is 0.600. The lowest BCUT2D eigenvalue weighted by Crippen LogP contribution is -2.51. The van der Waals surface area contributed by atoms with Crippen LogP contribution in [0, 0.1) is 6.92 Å². The highest BCUT2D eigenvalue weighted by atomic mass is 16.2. The number of hydrogen-bond donors (Lipinski definition) is 4. The minimum atomic E-state index is -0.500. The number of amides is 3. The lowest BCUT2D eigenvalue weighted by Gasteiger charge is -2.40. The molecule has 3 fully saturated rings. The van der Waals surface area contributed by atoms with Crippen LogP contribution >= 0.6 is 0 Å². The van der Waals surface area contributed by atoms with E-state index in [0.717, 1.165) is 70.3 Å². The van der Waals surface area contributed by atoms with Crippen molar-refractivity contribution in [1.29, 1.82) is 0 Å². The largest absolute Gasteiger partial charge is 0.382 e. The summed E-state index contributed by atoms with van der Waals surface area (Å²) in [4.78, 5) is 48.3. The summed E-state index contributed by atoms with van der Waals surface area (Å²) in [6.07, 6.45) is 9.34. The number of pyridine rings is 1. The third kappa shape index (κ3) is 7.43. The molecule has 0 radical (unpaired) electrons. The summed E-state index contributed by atoms with van der Waals surface area (Å²) in [6.45, 7) is 12.4. The molecule has 0 spiro atoms. The third-order valence-corrected chi connectivity index (χ3v) is 10.1. The Morgan fingerprint density at radius 1 is 0.956 bits per heavy atom. The van der Waals surface area contributed by atoms with Gasteiger partial charge in [-0.25, -0.2) is 4.98 Å². The highest BCUT2D eigenvalue weighted by Crippen LogP contribution is 2.39. The molecule has 3 amide bonds. The zero-order valence-electron chi connectivity index (χ0n) is 27.6. The Morgan fingerprint density at radius 2 is 1.64 bits per heavy atom. The number of piperidine rings is 2. The average Bonchev–Trinajstić information content (AvgIpc) is 3.29. The first-order valence-electron chi connectivity index (χ1n) is 16.9. The Bertz CT molecular complexity index is 1360. The lowest BCUT2D eigenvalue weighted by molar-refractivity contribution is 0.0884. The van der Waals surface area contributed by atoms with Gasteiger partial charge in [0.1, 0.15) is 5.82 Å². The molecule has 244 valence electrons. The zero-order valence-corrected chi connectivity index (χ0v) is 27.6. The normalized spacial score (nSPS) is 23.3. The Kier molecular flexibility index (Phi) is 10.3. The maximum Gasteiger partial charge on any atom is 0.253 e. The van der Waals surface area contributed by atoms with Crippen LogP contribution in [0.5, 0.6) is 0 Å². The molecule has 4 heterocycles. The summed E-state index contributed by atoms with van der Waals surface area (Å²) < 4.78 is 0. The second kappa shape index (κ2) is 14.2. The number of primary amides is 1. The van der Waals surface area contributed by atoms with Crippen LogP contribution in [0.3, 0.4) is 0 Å². The van der Waals surface area contributed by atoms with E-state index in [1.54, 1.807) is 18.3 Å². The first-order valence-corrected chi connectivity index (χ1v) is 16.9. The summed E-state index contributed by atoms with van der Waals surface area (Å²) >= 11 is 0. The van der Waals surface area contributed by atoms with Crippen LogP contribution in [0.2, 0.25) is 0 Å². The number of carbonyl (C=O) groups excluding carboxylic acids is 3. The Balaban J connectivity index is 1.22.